The summed E-state index contributed by atoms with van der Waals surface area (Å²) < 4.78 is 3.25. The Labute approximate surface area is 133 Å². The van der Waals surface area contributed by atoms with E-state index in [2.05, 4.69) is 10.1 Å². The number of carbonyl (C=O) groups is 2. The molecule has 0 aliphatic carbocycles. The summed E-state index contributed by atoms with van der Waals surface area (Å²) in [6.07, 6.45) is 6.72. The number of hydrogen-bond donors (Lipinski definition) is 1. The molecule has 1 fully saturated rings. The zero-order valence-electron chi connectivity index (χ0n) is 12.9. The summed E-state index contributed by atoms with van der Waals surface area (Å²) in [7, 11) is 1.83. The molecule has 2 aromatic heterocycles. The minimum absolute atomic E-state index is 0.0837. The Bertz CT molecular complexity index is 720. The van der Waals surface area contributed by atoms with Crippen molar-refractivity contribution >= 4 is 11.9 Å². The van der Waals surface area contributed by atoms with Gasteiger partial charge in [-0.25, -0.2) is 4.98 Å². The number of carboxylic acids is 1. The molecule has 1 atom stereocenters. The molecule has 8 nitrogen and oxygen atoms in total. The van der Waals surface area contributed by atoms with E-state index in [1.165, 1.54) is 4.68 Å². The lowest BCUT2D eigenvalue weighted by molar-refractivity contribution is -0.137. The highest BCUT2D eigenvalue weighted by atomic mass is 16.4. The number of carboxylic acid groups (broad SMARTS) is 1. The lowest BCUT2D eigenvalue weighted by atomic mass is 9.94. The van der Waals surface area contributed by atoms with Crippen LogP contribution in [0.3, 0.4) is 0 Å². The zero-order valence-corrected chi connectivity index (χ0v) is 12.9. The van der Waals surface area contributed by atoms with Crippen molar-refractivity contribution in [1.29, 1.82) is 0 Å². The summed E-state index contributed by atoms with van der Waals surface area (Å²) in [5, 5.41) is 13.0. The molecular weight excluding hydrogens is 298 g/mol. The number of rotatable bonds is 4. The number of piperidine rings is 1. The molecule has 1 amide bonds. The third-order valence-electron chi connectivity index (χ3n) is 4.09. The van der Waals surface area contributed by atoms with Crippen LogP contribution >= 0.6 is 0 Å². The number of aromatic nitrogens is 4. The topological polar surface area (TPSA) is 93.3 Å². The molecule has 0 radical (unpaired) electrons. The molecule has 0 saturated carbocycles. The van der Waals surface area contributed by atoms with Gasteiger partial charge in [-0.3, -0.25) is 14.3 Å². The number of amides is 1. The maximum Gasteiger partial charge on any atom is 0.325 e. The van der Waals surface area contributed by atoms with E-state index in [1.54, 1.807) is 28.2 Å². The molecule has 2 aromatic rings. The molecular formula is C15H19N5O3. The van der Waals surface area contributed by atoms with Crippen LogP contribution < -0.4 is 0 Å². The molecule has 3 rings (SSSR count). The number of imidazole rings is 1. The lowest BCUT2D eigenvalue weighted by Gasteiger charge is -2.32. The molecule has 1 unspecified atom stereocenters. The number of hydrogen-bond acceptors (Lipinski definition) is 4. The smallest absolute Gasteiger partial charge is 0.325 e. The Morgan fingerprint density at radius 2 is 2.26 bits per heavy atom. The van der Waals surface area contributed by atoms with Crippen molar-refractivity contribution in [3.05, 3.63) is 36.2 Å². The molecule has 0 bridgehead atoms. The maximum absolute atomic E-state index is 12.5. The Morgan fingerprint density at radius 3 is 2.96 bits per heavy atom. The van der Waals surface area contributed by atoms with E-state index in [1.807, 2.05) is 13.1 Å². The van der Waals surface area contributed by atoms with Crippen molar-refractivity contribution < 1.29 is 14.7 Å². The van der Waals surface area contributed by atoms with E-state index in [0.29, 0.717) is 18.8 Å². The second-order valence-corrected chi connectivity index (χ2v) is 5.82. The van der Waals surface area contributed by atoms with Gasteiger partial charge in [0, 0.05) is 44.1 Å². The maximum atomic E-state index is 12.5. The number of likely N-dealkylation sites (tertiary alicyclic amines) is 1. The van der Waals surface area contributed by atoms with Gasteiger partial charge < -0.3 is 14.6 Å². The number of aliphatic carboxylic acids is 1. The van der Waals surface area contributed by atoms with Crippen LogP contribution in [0.2, 0.25) is 0 Å². The number of nitrogens with zero attached hydrogens (tertiary/aromatic N) is 5. The summed E-state index contributed by atoms with van der Waals surface area (Å²) >= 11 is 0. The summed E-state index contributed by atoms with van der Waals surface area (Å²) in [6, 6.07) is 1.84. The van der Waals surface area contributed by atoms with E-state index < -0.39 is 5.97 Å². The van der Waals surface area contributed by atoms with Crippen LogP contribution in [0, 0.1) is 0 Å². The molecule has 0 spiro atoms. The average Bonchev–Trinajstić information content (AvgIpc) is 3.15. The molecule has 23 heavy (non-hydrogen) atoms. The summed E-state index contributed by atoms with van der Waals surface area (Å²) in [6.45, 7) is 1.09. The molecule has 3 heterocycles. The van der Waals surface area contributed by atoms with Crippen molar-refractivity contribution in [3.8, 4) is 0 Å². The van der Waals surface area contributed by atoms with Gasteiger partial charge in [0.2, 0.25) is 0 Å². The van der Waals surface area contributed by atoms with Crippen LogP contribution in [-0.4, -0.2) is 54.3 Å². The largest absolute Gasteiger partial charge is 0.480 e. The van der Waals surface area contributed by atoms with E-state index in [9.17, 15) is 9.59 Å². The van der Waals surface area contributed by atoms with Gasteiger partial charge in [-0.05, 0) is 18.9 Å². The van der Waals surface area contributed by atoms with E-state index >= 15 is 0 Å². The molecule has 1 saturated heterocycles. The summed E-state index contributed by atoms with van der Waals surface area (Å²) in [4.78, 5) is 29.3. The second-order valence-electron chi connectivity index (χ2n) is 5.82. The first-order chi connectivity index (χ1) is 11.0. The molecule has 1 N–H and O–H groups in total. The summed E-state index contributed by atoms with van der Waals surface area (Å²) in [5.74, 6) is -0.912. The molecule has 1 aliphatic heterocycles. The SMILES string of the molecule is Cn1cnc(C(=O)N2CCCC(c3ccnn3CC(=O)O)C2)c1. The first-order valence-corrected chi connectivity index (χ1v) is 7.55. The van der Waals surface area contributed by atoms with Crippen LogP contribution in [0.5, 0.6) is 0 Å². The first kappa shape index (κ1) is 15.3. The normalized spacial score (nSPS) is 18.1. The zero-order chi connectivity index (χ0) is 16.4. The predicted molar refractivity (Wildman–Crippen MR) is 80.9 cm³/mol. The van der Waals surface area contributed by atoms with Crippen LogP contribution in [0.25, 0.3) is 0 Å². The molecule has 8 heteroatoms. The predicted octanol–water partition coefficient (Wildman–Crippen LogP) is 0.721. The molecule has 0 aromatic carbocycles. The van der Waals surface area contributed by atoms with Crippen molar-refractivity contribution in [2.24, 2.45) is 7.05 Å². The van der Waals surface area contributed by atoms with Crippen molar-refractivity contribution in [2.45, 2.75) is 25.3 Å². The average molecular weight is 317 g/mol. The summed E-state index contributed by atoms with van der Waals surface area (Å²) in [5.41, 5.74) is 1.30. The third kappa shape index (κ3) is 3.25. The monoisotopic (exact) mass is 317 g/mol. The van der Waals surface area contributed by atoms with Crippen LogP contribution in [0.4, 0.5) is 0 Å². The van der Waals surface area contributed by atoms with Crippen molar-refractivity contribution in [1.82, 2.24) is 24.2 Å². The Kier molecular flexibility index (Phi) is 4.14. The van der Waals surface area contributed by atoms with Gasteiger partial charge in [-0.1, -0.05) is 0 Å². The second kappa shape index (κ2) is 6.23. The van der Waals surface area contributed by atoms with Crippen LogP contribution in [0.1, 0.15) is 34.9 Å². The fourth-order valence-corrected chi connectivity index (χ4v) is 3.04. The van der Waals surface area contributed by atoms with Gasteiger partial charge in [0.25, 0.3) is 5.91 Å². The van der Waals surface area contributed by atoms with Crippen molar-refractivity contribution in [3.63, 3.8) is 0 Å². The lowest BCUT2D eigenvalue weighted by Crippen LogP contribution is -2.39. The Morgan fingerprint density at radius 1 is 1.43 bits per heavy atom. The van der Waals surface area contributed by atoms with E-state index in [4.69, 9.17) is 5.11 Å². The third-order valence-corrected chi connectivity index (χ3v) is 4.09. The van der Waals surface area contributed by atoms with Crippen molar-refractivity contribution in [2.75, 3.05) is 13.1 Å². The number of aryl methyl sites for hydroxylation is 1. The Hall–Kier alpha value is -2.64. The van der Waals surface area contributed by atoms with E-state index in [0.717, 1.165) is 18.5 Å². The highest BCUT2D eigenvalue weighted by Crippen LogP contribution is 2.27. The Balaban J connectivity index is 1.75. The fourth-order valence-electron chi connectivity index (χ4n) is 3.04. The molecule has 122 valence electrons. The van der Waals surface area contributed by atoms with Gasteiger partial charge in [-0.15, -0.1) is 0 Å². The minimum atomic E-state index is -0.924. The highest BCUT2D eigenvalue weighted by molar-refractivity contribution is 5.92. The van der Waals surface area contributed by atoms with Gasteiger partial charge >= 0.3 is 5.97 Å². The highest BCUT2D eigenvalue weighted by Gasteiger charge is 2.28. The van der Waals surface area contributed by atoms with Gasteiger partial charge in [0.15, 0.2) is 0 Å². The first-order valence-electron chi connectivity index (χ1n) is 7.55. The van der Waals surface area contributed by atoms with Gasteiger partial charge in [-0.2, -0.15) is 5.10 Å². The van der Waals surface area contributed by atoms with Gasteiger partial charge in [0.05, 0.1) is 6.33 Å². The minimum Gasteiger partial charge on any atom is -0.480 e. The standard InChI is InChI=1S/C15H19N5O3/c1-18-8-12(16-10-18)15(23)19-6-2-3-11(7-19)13-4-5-17-20(13)9-14(21)22/h4-5,8,10-11H,2-3,6-7,9H2,1H3,(H,21,22). The quantitative estimate of drug-likeness (QED) is 0.897. The molecule has 1 aliphatic rings. The van der Waals surface area contributed by atoms with Crippen LogP contribution in [0.15, 0.2) is 24.8 Å². The van der Waals surface area contributed by atoms with Gasteiger partial charge in [0.1, 0.15) is 12.2 Å². The van der Waals surface area contributed by atoms with Crippen LogP contribution in [-0.2, 0) is 18.4 Å². The fraction of sp³-hybridized carbons (Fsp3) is 0.467. The van der Waals surface area contributed by atoms with E-state index in [-0.39, 0.29) is 18.4 Å². The number of carbonyl (C=O) groups excluding carboxylic acids is 1.